The Morgan fingerprint density at radius 1 is 1.03 bits per heavy atom. The number of rotatable bonds is 6. The molecule has 0 saturated carbocycles. The Kier molecular flexibility index (Phi) is 5.58. The number of amides is 1. The number of pyridine rings is 1. The van der Waals surface area contributed by atoms with Crippen molar-refractivity contribution in [1.29, 1.82) is 0 Å². The van der Waals surface area contributed by atoms with Crippen molar-refractivity contribution in [2.45, 2.75) is 12.6 Å². The topological polar surface area (TPSA) is 45.7 Å². The molecule has 0 N–H and O–H groups in total. The average Bonchev–Trinajstić information content (AvgIpc) is 3.06. The number of carbonyl (C=O) groups is 1. The van der Waals surface area contributed by atoms with Crippen LogP contribution in [0.1, 0.15) is 17.3 Å². The Balaban J connectivity index is 1.50. The number of ether oxygens (including phenoxy) is 1. The van der Waals surface area contributed by atoms with Gasteiger partial charge in [-0.3, -0.25) is 14.7 Å². The summed E-state index contributed by atoms with van der Waals surface area (Å²) in [5.74, 6) is 1.01. The molecule has 0 bridgehead atoms. The van der Waals surface area contributed by atoms with E-state index in [1.54, 1.807) is 13.3 Å². The van der Waals surface area contributed by atoms with Gasteiger partial charge in [0.25, 0.3) is 0 Å². The highest BCUT2D eigenvalue weighted by Gasteiger charge is 2.36. The van der Waals surface area contributed by atoms with Gasteiger partial charge in [0.15, 0.2) is 0 Å². The lowest BCUT2D eigenvalue weighted by Gasteiger charge is -2.28. The molecule has 0 radical (unpaired) electrons. The molecule has 1 aliphatic heterocycles. The fourth-order valence-corrected chi connectivity index (χ4v) is 3.87. The Hall–Kier alpha value is -3.18. The molecule has 1 atom stereocenters. The van der Waals surface area contributed by atoms with Crippen molar-refractivity contribution in [3.05, 3.63) is 84.2 Å². The predicted molar refractivity (Wildman–Crippen MR) is 113 cm³/mol. The van der Waals surface area contributed by atoms with Crippen LogP contribution in [0, 0.1) is 0 Å². The zero-order valence-electron chi connectivity index (χ0n) is 16.8. The minimum absolute atomic E-state index is 0.0382. The molecule has 5 nitrogen and oxygen atoms in total. The van der Waals surface area contributed by atoms with Gasteiger partial charge in [-0.05, 0) is 53.9 Å². The van der Waals surface area contributed by atoms with E-state index in [1.807, 2.05) is 42.4 Å². The lowest BCUT2D eigenvalue weighted by atomic mass is 10.0. The summed E-state index contributed by atoms with van der Waals surface area (Å²) in [5, 5.41) is 0. The summed E-state index contributed by atoms with van der Waals surface area (Å²) < 4.78 is 5.22. The highest BCUT2D eigenvalue weighted by Crippen LogP contribution is 2.31. The molecule has 1 saturated heterocycles. The first-order valence-corrected chi connectivity index (χ1v) is 9.79. The van der Waals surface area contributed by atoms with Crippen LogP contribution in [-0.4, -0.2) is 47.9 Å². The zero-order valence-corrected chi connectivity index (χ0v) is 16.8. The summed E-state index contributed by atoms with van der Waals surface area (Å²) in [6.07, 6.45) is 4.41. The van der Waals surface area contributed by atoms with Gasteiger partial charge in [-0.25, -0.2) is 0 Å². The van der Waals surface area contributed by atoms with Crippen molar-refractivity contribution >= 4 is 5.91 Å². The third kappa shape index (κ3) is 4.15. The number of benzene rings is 2. The molecule has 1 aliphatic rings. The molecule has 1 fully saturated rings. The first kappa shape index (κ1) is 19.2. The Labute approximate surface area is 171 Å². The molecular weight excluding hydrogens is 362 g/mol. The van der Waals surface area contributed by atoms with E-state index < -0.39 is 0 Å². The number of hydrogen-bond acceptors (Lipinski definition) is 4. The number of aromatic nitrogens is 1. The van der Waals surface area contributed by atoms with E-state index >= 15 is 0 Å². The van der Waals surface area contributed by atoms with Gasteiger partial charge in [-0.15, -0.1) is 0 Å². The second kappa shape index (κ2) is 8.45. The van der Waals surface area contributed by atoms with Gasteiger partial charge in [0, 0.05) is 18.9 Å². The fourth-order valence-electron chi connectivity index (χ4n) is 3.87. The van der Waals surface area contributed by atoms with Crippen molar-refractivity contribution < 1.29 is 9.53 Å². The van der Waals surface area contributed by atoms with Crippen molar-refractivity contribution in [3.8, 4) is 16.9 Å². The monoisotopic (exact) mass is 387 g/mol. The Bertz CT molecular complexity index is 956. The summed E-state index contributed by atoms with van der Waals surface area (Å²) in [7, 11) is 3.67. The van der Waals surface area contributed by atoms with Crippen LogP contribution in [-0.2, 0) is 11.2 Å². The van der Waals surface area contributed by atoms with Crippen molar-refractivity contribution in [2.24, 2.45) is 0 Å². The SMILES string of the molecule is COc1ccc(CCN2C(=O)CN(C)C2c2ccc(-c3cccnc3)cc2)cc1. The molecule has 148 valence electrons. The second-order valence-electron chi connectivity index (χ2n) is 7.34. The van der Waals surface area contributed by atoms with Crippen LogP contribution in [0.5, 0.6) is 5.75 Å². The average molecular weight is 387 g/mol. The number of likely N-dealkylation sites (N-methyl/N-ethyl adjacent to an activating group) is 1. The molecule has 4 rings (SSSR count). The molecule has 3 aromatic rings. The van der Waals surface area contributed by atoms with E-state index in [9.17, 15) is 4.79 Å². The lowest BCUT2D eigenvalue weighted by Crippen LogP contribution is -2.32. The van der Waals surface area contributed by atoms with Crippen LogP contribution in [0.15, 0.2) is 73.1 Å². The van der Waals surface area contributed by atoms with Crippen LogP contribution < -0.4 is 4.74 Å². The van der Waals surface area contributed by atoms with E-state index in [-0.39, 0.29) is 12.1 Å². The quantitative estimate of drug-likeness (QED) is 0.646. The van der Waals surface area contributed by atoms with Gasteiger partial charge < -0.3 is 9.64 Å². The third-order valence-electron chi connectivity index (χ3n) is 5.42. The van der Waals surface area contributed by atoms with Gasteiger partial charge in [-0.1, -0.05) is 42.5 Å². The predicted octanol–water partition coefficient (Wildman–Crippen LogP) is 3.77. The zero-order chi connectivity index (χ0) is 20.2. The maximum Gasteiger partial charge on any atom is 0.238 e. The first-order valence-electron chi connectivity index (χ1n) is 9.79. The van der Waals surface area contributed by atoms with Gasteiger partial charge >= 0.3 is 0 Å². The second-order valence-corrected chi connectivity index (χ2v) is 7.34. The number of methoxy groups -OCH3 is 1. The molecule has 29 heavy (non-hydrogen) atoms. The van der Waals surface area contributed by atoms with E-state index in [2.05, 4.69) is 46.3 Å². The molecular formula is C24H25N3O2. The smallest absolute Gasteiger partial charge is 0.238 e. The van der Waals surface area contributed by atoms with Gasteiger partial charge in [0.1, 0.15) is 11.9 Å². The molecule has 1 unspecified atom stereocenters. The van der Waals surface area contributed by atoms with E-state index in [4.69, 9.17) is 4.74 Å². The molecule has 2 heterocycles. The molecule has 1 amide bonds. The molecule has 0 spiro atoms. The van der Waals surface area contributed by atoms with Gasteiger partial charge in [0.05, 0.1) is 13.7 Å². The van der Waals surface area contributed by atoms with E-state index in [0.717, 1.165) is 28.9 Å². The van der Waals surface area contributed by atoms with Crippen LogP contribution >= 0.6 is 0 Å². The highest BCUT2D eigenvalue weighted by atomic mass is 16.5. The summed E-state index contributed by atoms with van der Waals surface area (Å²) >= 11 is 0. The minimum atomic E-state index is -0.0382. The lowest BCUT2D eigenvalue weighted by molar-refractivity contribution is -0.128. The number of nitrogens with zero attached hydrogens (tertiary/aromatic N) is 3. The number of carbonyl (C=O) groups excluding carboxylic acids is 1. The standard InChI is InChI=1S/C24H25N3O2/c1-26-17-23(28)27(15-13-18-5-11-22(29-2)12-6-18)24(26)20-9-7-19(8-10-20)21-4-3-14-25-16-21/h3-12,14,16,24H,13,15,17H2,1-2H3. The Morgan fingerprint density at radius 3 is 2.45 bits per heavy atom. The van der Waals surface area contributed by atoms with Crippen LogP contribution in [0.2, 0.25) is 0 Å². The molecule has 0 aliphatic carbocycles. The fraction of sp³-hybridized carbons (Fsp3) is 0.250. The van der Waals surface area contributed by atoms with Crippen LogP contribution in [0.4, 0.5) is 0 Å². The van der Waals surface area contributed by atoms with Crippen LogP contribution in [0.25, 0.3) is 11.1 Å². The normalized spacial score (nSPS) is 17.0. The van der Waals surface area contributed by atoms with Gasteiger partial charge in [-0.2, -0.15) is 0 Å². The number of hydrogen-bond donors (Lipinski definition) is 0. The summed E-state index contributed by atoms with van der Waals surface area (Å²) in [4.78, 5) is 20.9. The largest absolute Gasteiger partial charge is 0.497 e. The highest BCUT2D eigenvalue weighted by molar-refractivity contribution is 5.81. The summed E-state index contributed by atoms with van der Waals surface area (Å²) in [6, 6.07) is 20.5. The molecule has 1 aromatic heterocycles. The first-order chi connectivity index (χ1) is 14.2. The van der Waals surface area contributed by atoms with Crippen molar-refractivity contribution in [1.82, 2.24) is 14.8 Å². The van der Waals surface area contributed by atoms with E-state index in [0.29, 0.717) is 13.1 Å². The van der Waals surface area contributed by atoms with Crippen LogP contribution in [0.3, 0.4) is 0 Å². The molecule has 5 heteroatoms. The Morgan fingerprint density at radius 2 is 1.79 bits per heavy atom. The third-order valence-corrected chi connectivity index (χ3v) is 5.42. The summed E-state index contributed by atoms with van der Waals surface area (Å²) in [5.41, 5.74) is 4.53. The van der Waals surface area contributed by atoms with Crippen molar-refractivity contribution in [3.63, 3.8) is 0 Å². The van der Waals surface area contributed by atoms with E-state index in [1.165, 1.54) is 5.56 Å². The minimum Gasteiger partial charge on any atom is -0.497 e. The maximum atomic E-state index is 12.6. The molecule has 2 aromatic carbocycles. The van der Waals surface area contributed by atoms with Crippen molar-refractivity contribution in [2.75, 3.05) is 27.2 Å². The van der Waals surface area contributed by atoms with Gasteiger partial charge in [0.2, 0.25) is 5.91 Å². The maximum absolute atomic E-state index is 12.6. The summed E-state index contributed by atoms with van der Waals surface area (Å²) in [6.45, 7) is 1.13.